The van der Waals surface area contributed by atoms with Crippen molar-refractivity contribution < 1.29 is 9.53 Å². The Labute approximate surface area is 118 Å². The van der Waals surface area contributed by atoms with Crippen molar-refractivity contribution in [3.05, 3.63) is 28.8 Å². The standard InChI is InChI=1S/C14H19ClN2O2/c1-9-8-17(6-5-12(9)16)14(18)11-4-3-10(15)7-13(11)19-2/h3-4,7,9,12H,5-6,8,16H2,1-2H3. The average molecular weight is 283 g/mol. The van der Waals surface area contributed by atoms with Gasteiger partial charge in [0, 0.05) is 24.2 Å². The highest BCUT2D eigenvalue weighted by molar-refractivity contribution is 6.30. The van der Waals surface area contributed by atoms with Gasteiger partial charge in [-0.3, -0.25) is 4.79 Å². The molecule has 1 aromatic rings. The maximum Gasteiger partial charge on any atom is 0.257 e. The van der Waals surface area contributed by atoms with Crippen molar-refractivity contribution in [3.8, 4) is 5.75 Å². The van der Waals surface area contributed by atoms with Crippen LogP contribution in [0.25, 0.3) is 0 Å². The SMILES string of the molecule is COc1cc(Cl)ccc1C(=O)N1CCC(N)C(C)C1. The van der Waals surface area contributed by atoms with Gasteiger partial charge in [0.1, 0.15) is 5.75 Å². The van der Waals surface area contributed by atoms with Crippen LogP contribution in [-0.4, -0.2) is 37.0 Å². The van der Waals surface area contributed by atoms with Crippen LogP contribution in [0.15, 0.2) is 18.2 Å². The van der Waals surface area contributed by atoms with E-state index < -0.39 is 0 Å². The molecule has 2 unspecified atom stereocenters. The van der Waals surface area contributed by atoms with E-state index >= 15 is 0 Å². The molecule has 1 heterocycles. The molecule has 4 nitrogen and oxygen atoms in total. The molecular weight excluding hydrogens is 264 g/mol. The quantitative estimate of drug-likeness (QED) is 0.904. The van der Waals surface area contributed by atoms with Crippen molar-refractivity contribution in [3.63, 3.8) is 0 Å². The molecule has 2 rings (SSSR count). The van der Waals surface area contributed by atoms with Gasteiger partial charge in [-0.1, -0.05) is 18.5 Å². The number of nitrogens with two attached hydrogens (primary N) is 1. The Hall–Kier alpha value is -1.26. The number of hydrogen-bond donors (Lipinski definition) is 1. The van der Waals surface area contributed by atoms with Crippen molar-refractivity contribution in [1.82, 2.24) is 4.90 Å². The van der Waals surface area contributed by atoms with E-state index in [-0.39, 0.29) is 11.9 Å². The molecule has 19 heavy (non-hydrogen) atoms. The van der Waals surface area contributed by atoms with Crippen LogP contribution in [-0.2, 0) is 0 Å². The summed E-state index contributed by atoms with van der Waals surface area (Å²) in [5.41, 5.74) is 6.53. The van der Waals surface area contributed by atoms with Crippen molar-refractivity contribution >= 4 is 17.5 Å². The molecule has 2 N–H and O–H groups in total. The fourth-order valence-corrected chi connectivity index (χ4v) is 2.52. The Balaban J connectivity index is 2.20. The number of ether oxygens (including phenoxy) is 1. The Morgan fingerprint density at radius 1 is 1.53 bits per heavy atom. The summed E-state index contributed by atoms with van der Waals surface area (Å²) in [4.78, 5) is 14.3. The molecule has 0 bridgehead atoms. The third-order valence-corrected chi connectivity index (χ3v) is 3.89. The van der Waals surface area contributed by atoms with Crippen molar-refractivity contribution in [2.75, 3.05) is 20.2 Å². The normalized spacial score (nSPS) is 23.3. The molecule has 1 fully saturated rings. The Morgan fingerprint density at radius 2 is 2.26 bits per heavy atom. The second-order valence-corrected chi connectivity index (χ2v) is 5.46. The fourth-order valence-electron chi connectivity index (χ4n) is 2.36. The van der Waals surface area contributed by atoms with Crippen LogP contribution >= 0.6 is 11.6 Å². The number of carbonyl (C=O) groups is 1. The van der Waals surface area contributed by atoms with Crippen LogP contribution in [0.4, 0.5) is 0 Å². The van der Waals surface area contributed by atoms with E-state index in [0.717, 1.165) is 6.42 Å². The number of hydrogen-bond acceptors (Lipinski definition) is 3. The lowest BCUT2D eigenvalue weighted by molar-refractivity contribution is 0.0661. The highest BCUT2D eigenvalue weighted by atomic mass is 35.5. The largest absolute Gasteiger partial charge is 0.496 e. The number of methoxy groups -OCH3 is 1. The molecule has 0 radical (unpaired) electrons. The Morgan fingerprint density at radius 3 is 2.89 bits per heavy atom. The van der Waals surface area contributed by atoms with Gasteiger partial charge in [0.2, 0.25) is 0 Å². The minimum absolute atomic E-state index is 0.0210. The van der Waals surface area contributed by atoms with Crippen LogP contribution in [0, 0.1) is 5.92 Å². The van der Waals surface area contributed by atoms with Gasteiger partial charge in [0.15, 0.2) is 0 Å². The summed E-state index contributed by atoms with van der Waals surface area (Å²) >= 11 is 5.91. The third-order valence-electron chi connectivity index (χ3n) is 3.65. The number of rotatable bonds is 2. The van der Waals surface area contributed by atoms with Crippen LogP contribution < -0.4 is 10.5 Å². The minimum Gasteiger partial charge on any atom is -0.496 e. The molecule has 0 saturated carbocycles. The van der Waals surface area contributed by atoms with Crippen LogP contribution in [0.2, 0.25) is 5.02 Å². The molecule has 0 spiro atoms. The number of benzene rings is 1. The summed E-state index contributed by atoms with van der Waals surface area (Å²) in [6.45, 7) is 3.45. The highest BCUT2D eigenvalue weighted by Crippen LogP contribution is 2.26. The number of halogens is 1. The zero-order valence-corrected chi connectivity index (χ0v) is 12.0. The van der Waals surface area contributed by atoms with Crippen molar-refractivity contribution in [2.24, 2.45) is 11.7 Å². The summed E-state index contributed by atoms with van der Waals surface area (Å²) in [6.07, 6.45) is 0.836. The minimum atomic E-state index is -0.0210. The predicted octanol–water partition coefficient (Wildman–Crippen LogP) is 2.16. The second kappa shape index (κ2) is 5.80. The first kappa shape index (κ1) is 14.2. The third kappa shape index (κ3) is 3.01. The number of amides is 1. The number of carbonyl (C=O) groups excluding carboxylic acids is 1. The van der Waals surface area contributed by atoms with Gasteiger partial charge < -0.3 is 15.4 Å². The van der Waals surface area contributed by atoms with Gasteiger partial charge in [-0.25, -0.2) is 0 Å². The summed E-state index contributed by atoms with van der Waals surface area (Å²) in [5.74, 6) is 0.809. The first-order valence-corrected chi connectivity index (χ1v) is 6.79. The average Bonchev–Trinajstić information content (AvgIpc) is 2.41. The lowest BCUT2D eigenvalue weighted by Gasteiger charge is -2.35. The van der Waals surface area contributed by atoms with Crippen molar-refractivity contribution in [1.29, 1.82) is 0 Å². The van der Waals surface area contributed by atoms with E-state index in [1.54, 1.807) is 18.2 Å². The van der Waals surface area contributed by atoms with Crippen LogP contribution in [0.3, 0.4) is 0 Å². The topological polar surface area (TPSA) is 55.6 Å². The summed E-state index contributed by atoms with van der Waals surface area (Å²) in [6, 6.07) is 5.25. The molecule has 104 valence electrons. The van der Waals surface area contributed by atoms with Gasteiger partial charge in [0.05, 0.1) is 12.7 Å². The first-order chi connectivity index (χ1) is 9.02. The maximum absolute atomic E-state index is 12.5. The lowest BCUT2D eigenvalue weighted by atomic mass is 9.94. The van der Waals surface area contributed by atoms with Crippen LogP contribution in [0.5, 0.6) is 5.75 Å². The molecule has 1 aliphatic rings. The monoisotopic (exact) mass is 282 g/mol. The zero-order chi connectivity index (χ0) is 14.0. The zero-order valence-electron chi connectivity index (χ0n) is 11.2. The van der Waals surface area contributed by atoms with E-state index in [2.05, 4.69) is 6.92 Å². The molecule has 1 aromatic carbocycles. The number of likely N-dealkylation sites (tertiary alicyclic amines) is 1. The molecule has 1 saturated heterocycles. The van der Waals surface area contributed by atoms with Gasteiger partial charge >= 0.3 is 0 Å². The molecule has 1 aliphatic heterocycles. The Kier molecular flexibility index (Phi) is 4.32. The van der Waals surface area contributed by atoms with Crippen molar-refractivity contribution in [2.45, 2.75) is 19.4 Å². The van der Waals surface area contributed by atoms with E-state index in [1.165, 1.54) is 7.11 Å². The smallest absolute Gasteiger partial charge is 0.257 e. The van der Waals surface area contributed by atoms with E-state index in [0.29, 0.717) is 35.3 Å². The van der Waals surface area contributed by atoms with Gasteiger partial charge in [-0.2, -0.15) is 0 Å². The molecule has 5 heteroatoms. The molecule has 1 amide bonds. The molecule has 0 aliphatic carbocycles. The molecule has 0 aromatic heterocycles. The first-order valence-electron chi connectivity index (χ1n) is 6.41. The van der Waals surface area contributed by atoms with E-state index in [4.69, 9.17) is 22.1 Å². The predicted molar refractivity (Wildman–Crippen MR) is 75.7 cm³/mol. The molecular formula is C14H19ClN2O2. The number of nitrogens with zero attached hydrogens (tertiary/aromatic N) is 1. The van der Waals surface area contributed by atoms with E-state index in [1.807, 2.05) is 4.90 Å². The summed E-state index contributed by atoms with van der Waals surface area (Å²) in [5, 5.41) is 0.558. The highest BCUT2D eigenvalue weighted by Gasteiger charge is 2.28. The maximum atomic E-state index is 12.5. The van der Waals surface area contributed by atoms with Gasteiger partial charge in [-0.05, 0) is 30.5 Å². The number of piperidine rings is 1. The molecule has 2 atom stereocenters. The van der Waals surface area contributed by atoms with Crippen LogP contribution in [0.1, 0.15) is 23.7 Å². The summed E-state index contributed by atoms with van der Waals surface area (Å²) < 4.78 is 5.23. The summed E-state index contributed by atoms with van der Waals surface area (Å²) in [7, 11) is 1.54. The van der Waals surface area contributed by atoms with E-state index in [9.17, 15) is 4.79 Å². The fraction of sp³-hybridized carbons (Fsp3) is 0.500. The van der Waals surface area contributed by atoms with Gasteiger partial charge in [0.25, 0.3) is 5.91 Å². The second-order valence-electron chi connectivity index (χ2n) is 5.03. The lowest BCUT2D eigenvalue weighted by Crippen LogP contribution is -2.48. The van der Waals surface area contributed by atoms with Gasteiger partial charge in [-0.15, -0.1) is 0 Å². The Bertz CT molecular complexity index is 479.